The van der Waals surface area contributed by atoms with Gasteiger partial charge in [-0.3, -0.25) is 0 Å². The summed E-state index contributed by atoms with van der Waals surface area (Å²) < 4.78 is 24.6. The molecule has 232 valence electrons. The molecule has 0 amide bonds. The Bertz CT molecular complexity index is 1250. The second kappa shape index (κ2) is 14.8. The summed E-state index contributed by atoms with van der Waals surface area (Å²) in [5, 5.41) is 0.383. The SMILES string of the molecule is CCOC(=O)C=CC=C(C)c1cccc(COc2ccc(C(C)(C)O[SiH2]C(C)(C)C)c(C(C)(C)O[SiH2]C(C)(C)C)c2)c1. The highest BCUT2D eigenvalue weighted by Gasteiger charge is 2.34. The summed E-state index contributed by atoms with van der Waals surface area (Å²) in [5.74, 6) is 0.469. The Labute approximate surface area is 260 Å². The third-order valence-corrected chi connectivity index (χ3v) is 10.1. The van der Waals surface area contributed by atoms with Crippen molar-refractivity contribution in [1.29, 1.82) is 0 Å². The predicted octanol–water partition coefficient (Wildman–Crippen LogP) is 7.90. The van der Waals surface area contributed by atoms with Gasteiger partial charge < -0.3 is 18.3 Å². The molecule has 0 heterocycles. The van der Waals surface area contributed by atoms with E-state index in [1.807, 2.05) is 19.1 Å². The Balaban J connectivity index is 2.33. The van der Waals surface area contributed by atoms with E-state index < -0.39 is 30.7 Å². The first kappa shape index (κ1) is 35.7. The zero-order valence-electron chi connectivity index (χ0n) is 28.1. The lowest BCUT2D eigenvalue weighted by Gasteiger charge is -2.37. The van der Waals surface area contributed by atoms with Crippen LogP contribution in [-0.4, -0.2) is 32.1 Å². The molecule has 2 rings (SSSR count). The van der Waals surface area contributed by atoms with Crippen molar-refractivity contribution in [3.8, 4) is 5.75 Å². The van der Waals surface area contributed by atoms with Gasteiger partial charge in [0.05, 0.1) is 17.8 Å². The zero-order valence-corrected chi connectivity index (χ0v) is 31.0. The van der Waals surface area contributed by atoms with Gasteiger partial charge in [0.1, 0.15) is 12.4 Å². The highest BCUT2D eigenvalue weighted by atomic mass is 28.2. The van der Waals surface area contributed by atoms with Gasteiger partial charge in [0.2, 0.25) is 0 Å². The maximum atomic E-state index is 11.6. The van der Waals surface area contributed by atoms with E-state index in [1.165, 1.54) is 6.08 Å². The van der Waals surface area contributed by atoms with Crippen molar-refractivity contribution >= 4 is 31.1 Å². The number of hydrogen-bond acceptors (Lipinski definition) is 5. The molecular formula is C35H54O5Si2. The predicted molar refractivity (Wildman–Crippen MR) is 181 cm³/mol. The zero-order chi connectivity index (χ0) is 31.8. The van der Waals surface area contributed by atoms with Gasteiger partial charge in [-0.05, 0) is 97.6 Å². The molecule has 0 spiro atoms. The van der Waals surface area contributed by atoms with Crippen molar-refractivity contribution < 1.29 is 23.1 Å². The molecule has 0 aliphatic heterocycles. The molecule has 0 fully saturated rings. The largest absolute Gasteiger partial charge is 0.489 e. The van der Waals surface area contributed by atoms with Crippen LogP contribution in [0, 0.1) is 0 Å². The molecule has 42 heavy (non-hydrogen) atoms. The van der Waals surface area contributed by atoms with Crippen LogP contribution in [0.5, 0.6) is 5.75 Å². The molecule has 0 aromatic heterocycles. The average Bonchev–Trinajstić information content (AvgIpc) is 2.89. The Morgan fingerprint density at radius 3 is 1.98 bits per heavy atom. The van der Waals surface area contributed by atoms with Crippen molar-refractivity contribution in [3.05, 3.63) is 82.9 Å². The van der Waals surface area contributed by atoms with E-state index in [-0.39, 0.29) is 16.0 Å². The fraction of sp³-hybridized carbons (Fsp3) is 0.514. The first-order valence-electron chi connectivity index (χ1n) is 15.0. The second-order valence-corrected chi connectivity index (χ2v) is 19.8. The van der Waals surface area contributed by atoms with E-state index in [4.69, 9.17) is 18.3 Å². The summed E-state index contributed by atoms with van der Waals surface area (Å²) in [6.07, 6.45) is 5.08. The summed E-state index contributed by atoms with van der Waals surface area (Å²) in [5.41, 5.74) is 4.55. The molecule has 2 aromatic rings. The smallest absolute Gasteiger partial charge is 0.330 e. The molecule has 0 unspecified atom stereocenters. The van der Waals surface area contributed by atoms with Crippen molar-refractivity contribution in [2.75, 3.05) is 6.61 Å². The minimum atomic E-state index is -0.793. The van der Waals surface area contributed by atoms with Gasteiger partial charge in [-0.25, -0.2) is 4.79 Å². The average molecular weight is 611 g/mol. The summed E-state index contributed by atoms with van der Waals surface area (Å²) in [6, 6.07) is 14.6. The Kier molecular flexibility index (Phi) is 12.6. The molecule has 0 saturated carbocycles. The summed E-state index contributed by atoms with van der Waals surface area (Å²) >= 11 is 0. The van der Waals surface area contributed by atoms with Crippen LogP contribution in [0.4, 0.5) is 0 Å². The molecule has 2 aromatic carbocycles. The molecule has 0 aliphatic carbocycles. The van der Waals surface area contributed by atoms with E-state index in [1.54, 1.807) is 13.0 Å². The number of ether oxygens (including phenoxy) is 2. The number of benzene rings is 2. The highest BCUT2D eigenvalue weighted by molar-refractivity contribution is 6.32. The van der Waals surface area contributed by atoms with Gasteiger partial charge in [0.25, 0.3) is 0 Å². The first-order chi connectivity index (χ1) is 19.3. The molecule has 0 saturated heterocycles. The Morgan fingerprint density at radius 2 is 1.40 bits per heavy atom. The molecule has 0 radical (unpaired) electrons. The Morgan fingerprint density at radius 1 is 0.810 bits per heavy atom. The van der Waals surface area contributed by atoms with Crippen molar-refractivity contribution in [3.63, 3.8) is 0 Å². The lowest BCUT2D eigenvalue weighted by molar-refractivity contribution is -0.137. The lowest BCUT2D eigenvalue weighted by Crippen LogP contribution is -2.34. The number of esters is 1. The van der Waals surface area contributed by atoms with E-state index in [2.05, 4.69) is 106 Å². The molecule has 0 bridgehead atoms. The van der Waals surface area contributed by atoms with Crippen LogP contribution < -0.4 is 4.74 Å². The minimum absolute atomic E-state index is 0.183. The van der Waals surface area contributed by atoms with Gasteiger partial charge in [0.15, 0.2) is 19.5 Å². The number of hydrogen-bond donors (Lipinski definition) is 0. The van der Waals surface area contributed by atoms with Crippen LogP contribution in [0.15, 0.2) is 60.7 Å². The van der Waals surface area contributed by atoms with Crippen molar-refractivity contribution in [2.45, 2.75) is 111 Å². The lowest BCUT2D eigenvalue weighted by atomic mass is 9.85. The molecule has 7 heteroatoms. The number of carbonyl (C=O) groups excluding carboxylic acids is 1. The van der Waals surface area contributed by atoms with Gasteiger partial charge in [-0.15, -0.1) is 0 Å². The normalized spacial score (nSPS) is 14.0. The number of carbonyl (C=O) groups is 1. The number of allylic oxidation sites excluding steroid dienone is 3. The summed E-state index contributed by atoms with van der Waals surface area (Å²) in [6.45, 7) is 26.8. The minimum Gasteiger partial charge on any atom is -0.489 e. The van der Waals surface area contributed by atoms with Gasteiger partial charge >= 0.3 is 5.97 Å². The van der Waals surface area contributed by atoms with Crippen LogP contribution in [0.2, 0.25) is 10.1 Å². The van der Waals surface area contributed by atoms with Crippen LogP contribution >= 0.6 is 0 Å². The Hall–Kier alpha value is -2.46. The third kappa shape index (κ3) is 12.0. The monoisotopic (exact) mass is 610 g/mol. The van der Waals surface area contributed by atoms with E-state index in [9.17, 15) is 4.79 Å². The third-order valence-electron chi connectivity index (χ3n) is 6.67. The second-order valence-electron chi connectivity index (χ2n) is 14.4. The van der Waals surface area contributed by atoms with Crippen LogP contribution in [0.1, 0.15) is 105 Å². The standard InChI is InChI=1S/C35H54O5Si2/c1-13-37-31(36)19-14-16-25(2)27-18-15-17-26(22-27)24-38-28-20-21-29(34(9,10)39-41-32(3,4)5)30(23-28)35(11,12)40-42-33(6,7)8/h14-23H,13,24,41-42H2,1-12H3. The quantitative estimate of drug-likeness (QED) is 0.0999. The van der Waals surface area contributed by atoms with Crippen LogP contribution in [0.3, 0.4) is 0 Å². The van der Waals surface area contributed by atoms with Gasteiger partial charge in [0, 0.05) is 6.08 Å². The molecule has 0 aliphatic rings. The maximum absolute atomic E-state index is 11.6. The molecular weight excluding hydrogens is 557 g/mol. The number of rotatable bonds is 13. The van der Waals surface area contributed by atoms with Crippen molar-refractivity contribution in [2.24, 2.45) is 0 Å². The van der Waals surface area contributed by atoms with E-state index in [0.717, 1.165) is 33.6 Å². The van der Waals surface area contributed by atoms with E-state index in [0.29, 0.717) is 13.2 Å². The van der Waals surface area contributed by atoms with Crippen molar-refractivity contribution in [1.82, 2.24) is 0 Å². The summed E-state index contributed by atoms with van der Waals surface area (Å²) in [4.78, 5) is 11.6. The maximum Gasteiger partial charge on any atom is 0.330 e. The fourth-order valence-electron chi connectivity index (χ4n) is 4.22. The van der Waals surface area contributed by atoms with Crippen LogP contribution in [-0.2, 0) is 36.2 Å². The van der Waals surface area contributed by atoms with Crippen LogP contribution in [0.25, 0.3) is 5.57 Å². The topological polar surface area (TPSA) is 54.0 Å². The van der Waals surface area contributed by atoms with E-state index >= 15 is 0 Å². The van der Waals surface area contributed by atoms with Gasteiger partial charge in [-0.2, -0.15) is 0 Å². The molecule has 5 nitrogen and oxygen atoms in total. The van der Waals surface area contributed by atoms with Gasteiger partial charge in [-0.1, -0.05) is 78.0 Å². The summed E-state index contributed by atoms with van der Waals surface area (Å²) in [7, 11) is -1.56. The molecule has 0 N–H and O–H groups in total. The first-order valence-corrected chi connectivity index (χ1v) is 17.6. The fourth-order valence-corrected chi connectivity index (χ4v) is 6.12. The molecule has 0 atom stereocenters. The highest BCUT2D eigenvalue weighted by Crippen LogP contribution is 2.40.